The zero-order valence-corrected chi connectivity index (χ0v) is 13.2. The van der Waals surface area contributed by atoms with Crippen molar-refractivity contribution in [3.8, 4) is 0 Å². The zero-order chi connectivity index (χ0) is 15.0. The van der Waals surface area contributed by atoms with Gasteiger partial charge in [0.2, 0.25) is 0 Å². The second-order valence-corrected chi connectivity index (χ2v) is 6.44. The fourth-order valence-electron chi connectivity index (χ4n) is 3.91. The molecule has 0 aromatic carbocycles. The molecule has 3 atom stereocenters. The van der Waals surface area contributed by atoms with Crippen LogP contribution in [0.1, 0.15) is 42.3 Å². The highest BCUT2D eigenvalue weighted by Gasteiger charge is 2.43. The molecule has 3 heterocycles. The van der Waals surface area contributed by atoms with Crippen molar-refractivity contribution in [3.63, 3.8) is 0 Å². The van der Waals surface area contributed by atoms with Gasteiger partial charge in [0, 0.05) is 37.9 Å². The van der Waals surface area contributed by atoms with E-state index in [0.29, 0.717) is 12.5 Å². The Kier molecular flexibility index (Phi) is 4.05. The van der Waals surface area contributed by atoms with Crippen LogP contribution in [-0.4, -0.2) is 35.2 Å². The van der Waals surface area contributed by atoms with Gasteiger partial charge in [-0.3, -0.25) is 16.0 Å². The first kappa shape index (κ1) is 15.0. The molecule has 2 fully saturated rings. The van der Waals surface area contributed by atoms with E-state index in [1.165, 1.54) is 11.3 Å². The van der Waals surface area contributed by atoms with Crippen LogP contribution in [-0.2, 0) is 16.5 Å². The van der Waals surface area contributed by atoms with E-state index >= 15 is 0 Å². The van der Waals surface area contributed by atoms with E-state index in [2.05, 4.69) is 24.4 Å². The summed E-state index contributed by atoms with van der Waals surface area (Å²) in [6.07, 6.45) is 3.01. The molecule has 0 amide bonds. The van der Waals surface area contributed by atoms with Crippen LogP contribution in [0.4, 0.5) is 0 Å². The Morgan fingerprint density at radius 1 is 1.43 bits per heavy atom. The lowest BCUT2D eigenvalue weighted by atomic mass is 9.78. The molecule has 2 aliphatic rings. The lowest BCUT2D eigenvalue weighted by molar-refractivity contribution is -0.103. The number of nitrogens with zero attached hydrogens (tertiary/aromatic N) is 2. The lowest BCUT2D eigenvalue weighted by Gasteiger charge is -2.40. The van der Waals surface area contributed by atoms with Gasteiger partial charge in [0.25, 0.3) is 0 Å². The molecule has 2 aliphatic heterocycles. The Hall–Kier alpha value is -0.950. The molecule has 0 radical (unpaired) electrons. The van der Waals surface area contributed by atoms with E-state index in [0.717, 1.165) is 38.2 Å². The van der Waals surface area contributed by atoms with Gasteiger partial charge in [-0.15, -0.1) is 0 Å². The second kappa shape index (κ2) is 5.68. The summed E-state index contributed by atoms with van der Waals surface area (Å²) in [6, 6.07) is 0.125. The molecule has 6 heteroatoms. The minimum atomic E-state index is -0.0952. The van der Waals surface area contributed by atoms with Gasteiger partial charge < -0.3 is 9.47 Å². The molecule has 21 heavy (non-hydrogen) atoms. The number of hydrogen-bond donors (Lipinski definition) is 2. The van der Waals surface area contributed by atoms with Crippen LogP contribution in [0.15, 0.2) is 0 Å². The van der Waals surface area contributed by atoms with Gasteiger partial charge in [0.05, 0.1) is 23.9 Å². The fourth-order valence-corrected chi connectivity index (χ4v) is 3.91. The van der Waals surface area contributed by atoms with Gasteiger partial charge in [-0.25, -0.2) is 0 Å². The van der Waals surface area contributed by atoms with Gasteiger partial charge in [-0.05, 0) is 32.6 Å². The number of hydrogen-bond acceptors (Lipinski definition) is 5. The van der Waals surface area contributed by atoms with Crippen LogP contribution in [0.2, 0.25) is 0 Å². The third kappa shape index (κ3) is 2.61. The highest BCUT2D eigenvalue weighted by atomic mass is 16.6. The van der Waals surface area contributed by atoms with Crippen molar-refractivity contribution < 1.29 is 9.47 Å². The second-order valence-electron chi connectivity index (χ2n) is 6.44. The summed E-state index contributed by atoms with van der Waals surface area (Å²) in [5.74, 6) is 6.36. The van der Waals surface area contributed by atoms with Gasteiger partial charge in [0.15, 0.2) is 0 Å². The maximum Gasteiger partial charge on any atom is 0.0940 e. The normalized spacial score (nSPS) is 31.0. The summed E-state index contributed by atoms with van der Waals surface area (Å²) in [7, 11) is 1.98. The predicted molar refractivity (Wildman–Crippen MR) is 79.6 cm³/mol. The maximum atomic E-state index is 6.04. The molecule has 3 N–H and O–H groups in total. The van der Waals surface area contributed by atoms with Crippen LogP contribution in [0.3, 0.4) is 0 Å². The van der Waals surface area contributed by atoms with Crippen molar-refractivity contribution in [1.82, 2.24) is 15.2 Å². The van der Waals surface area contributed by atoms with E-state index in [-0.39, 0.29) is 11.6 Å². The summed E-state index contributed by atoms with van der Waals surface area (Å²) in [6.45, 7) is 6.46. The van der Waals surface area contributed by atoms with E-state index in [1.807, 2.05) is 11.7 Å². The first-order chi connectivity index (χ1) is 10.1. The Bertz CT molecular complexity index is 508. The maximum absolute atomic E-state index is 6.04. The van der Waals surface area contributed by atoms with E-state index in [1.54, 1.807) is 0 Å². The minimum Gasteiger partial charge on any atom is -0.378 e. The topological polar surface area (TPSA) is 74.3 Å². The molecule has 0 bridgehead atoms. The number of nitrogens with two attached hydrogens (primary N) is 1. The van der Waals surface area contributed by atoms with Crippen molar-refractivity contribution in [3.05, 3.63) is 17.0 Å². The standard InChI is InChI=1S/C15H26N4O2/c1-10-13(11(2)19(3)18-10)14(17-16)12-4-6-21-15(8-12)5-7-20-9-15/h12,14,17H,4-9,16H2,1-3H3. The summed E-state index contributed by atoms with van der Waals surface area (Å²) < 4.78 is 13.5. The minimum absolute atomic E-state index is 0.0952. The molecule has 2 saturated heterocycles. The van der Waals surface area contributed by atoms with Crippen LogP contribution in [0.5, 0.6) is 0 Å². The zero-order valence-electron chi connectivity index (χ0n) is 13.2. The summed E-state index contributed by atoms with van der Waals surface area (Å²) >= 11 is 0. The summed E-state index contributed by atoms with van der Waals surface area (Å²) in [5.41, 5.74) is 6.42. The molecule has 3 rings (SSSR count). The van der Waals surface area contributed by atoms with Crippen molar-refractivity contribution in [2.24, 2.45) is 18.8 Å². The monoisotopic (exact) mass is 294 g/mol. The third-order valence-corrected chi connectivity index (χ3v) is 5.13. The number of hydrazine groups is 1. The number of ether oxygens (including phenoxy) is 2. The molecule has 1 spiro atoms. The Morgan fingerprint density at radius 2 is 2.24 bits per heavy atom. The first-order valence-electron chi connectivity index (χ1n) is 7.74. The van der Waals surface area contributed by atoms with E-state index in [4.69, 9.17) is 15.3 Å². The Balaban J connectivity index is 1.85. The largest absolute Gasteiger partial charge is 0.378 e. The van der Waals surface area contributed by atoms with Crippen LogP contribution in [0.25, 0.3) is 0 Å². The van der Waals surface area contributed by atoms with Gasteiger partial charge in [0.1, 0.15) is 0 Å². The van der Waals surface area contributed by atoms with Crippen LogP contribution < -0.4 is 11.3 Å². The van der Waals surface area contributed by atoms with E-state index in [9.17, 15) is 0 Å². The van der Waals surface area contributed by atoms with Crippen molar-refractivity contribution in [1.29, 1.82) is 0 Å². The first-order valence-corrected chi connectivity index (χ1v) is 7.74. The third-order valence-electron chi connectivity index (χ3n) is 5.13. The average molecular weight is 294 g/mol. The summed E-state index contributed by atoms with van der Waals surface area (Å²) in [5, 5.41) is 4.53. The average Bonchev–Trinajstić information content (AvgIpc) is 3.00. The quantitative estimate of drug-likeness (QED) is 0.645. The van der Waals surface area contributed by atoms with Crippen molar-refractivity contribution in [2.45, 2.75) is 44.8 Å². The molecular formula is C15H26N4O2. The van der Waals surface area contributed by atoms with Gasteiger partial charge in [-0.2, -0.15) is 5.10 Å². The predicted octanol–water partition coefficient (Wildman–Crippen LogP) is 1.13. The number of rotatable bonds is 3. The Morgan fingerprint density at radius 3 is 2.81 bits per heavy atom. The molecule has 0 aliphatic carbocycles. The molecule has 0 saturated carbocycles. The van der Waals surface area contributed by atoms with Crippen molar-refractivity contribution >= 4 is 0 Å². The van der Waals surface area contributed by atoms with Crippen molar-refractivity contribution in [2.75, 3.05) is 19.8 Å². The van der Waals surface area contributed by atoms with Crippen LogP contribution >= 0.6 is 0 Å². The highest BCUT2D eigenvalue weighted by molar-refractivity contribution is 5.29. The summed E-state index contributed by atoms with van der Waals surface area (Å²) in [4.78, 5) is 0. The molecule has 1 aromatic heterocycles. The van der Waals surface area contributed by atoms with Gasteiger partial charge >= 0.3 is 0 Å². The van der Waals surface area contributed by atoms with E-state index < -0.39 is 0 Å². The molecule has 118 valence electrons. The number of nitrogens with one attached hydrogen (secondary N) is 1. The lowest BCUT2D eigenvalue weighted by Crippen LogP contribution is -2.45. The SMILES string of the molecule is Cc1nn(C)c(C)c1C(NN)C1CCOC2(CCOC2)C1. The molecule has 1 aromatic rings. The number of aromatic nitrogens is 2. The smallest absolute Gasteiger partial charge is 0.0940 e. The Labute approximate surface area is 125 Å². The molecular weight excluding hydrogens is 268 g/mol. The highest BCUT2D eigenvalue weighted by Crippen LogP contribution is 2.41. The molecule has 6 nitrogen and oxygen atoms in total. The van der Waals surface area contributed by atoms with Gasteiger partial charge in [-0.1, -0.05) is 0 Å². The number of aryl methyl sites for hydroxylation is 2. The van der Waals surface area contributed by atoms with Crippen LogP contribution in [0, 0.1) is 19.8 Å². The molecule has 3 unspecified atom stereocenters. The fraction of sp³-hybridized carbons (Fsp3) is 0.800.